The predicted octanol–water partition coefficient (Wildman–Crippen LogP) is 2.48. The third-order valence-electron chi connectivity index (χ3n) is 5.31. The van der Waals surface area contributed by atoms with Crippen molar-refractivity contribution in [2.45, 2.75) is 39.2 Å². The summed E-state index contributed by atoms with van der Waals surface area (Å²) in [4.78, 5) is 26.7. The average molecular weight is 329 g/mol. The van der Waals surface area contributed by atoms with Crippen LogP contribution >= 0.6 is 0 Å². The van der Waals surface area contributed by atoms with Gasteiger partial charge in [0.05, 0.1) is 0 Å². The number of likely N-dealkylation sites (tertiary alicyclic amines) is 1. The second-order valence-electron chi connectivity index (χ2n) is 7.40. The zero-order valence-electron chi connectivity index (χ0n) is 14.5. The van der Waals surface area contributed by atoms with E-state index in [0.29, 0.717) is 29.6 Å². The number of carbonyl (C=O) groups is 2. The van der Waals surface area contributed by atoms with Crippen molar-refractivity contribution in [2.75, 3.05) is 18.4 Å². The molecule has 2 amide bonds. The number of anilines is 1. The maximum Gasteiger partial charge on any atom is 0.253 e. The van der Waals surface area contributed by atoms with Gasteiger partial charge in [-0.25, -0.2) is 0 Å². The Bertz CT molecular complexity index is 629. The van der Waals surface area contributed by atoms with Crippen LogP contribution in [0.25, 0.3) is 0 Å². The number of nitrogens with zero attached hydrogens (tertiary/aromatic N) is 1. The van der Waals surface area contributed by atoms with Crippen molar-refractivity contribution in [3.8, 4) is 0 Å². The third-order valence-corrected chi connectivity index (χ3v) is 5.31. The van der Waals surface area contributed by atoms with Crippen molar-refractivity contribution in [3.63, 3.8) is 0 Å². The van der Waals surface area contributed by atoms with E-state index >= 15 is 0 Å². The Labute approximate surface area is 143 Å². The largest absolute Gasteiger partial charge is 0.338 e. The predicted molar refractivity (Wildman–Crippen MR) is 94.6 cm³/mol. The van der Waals surface area contributed by atoms with E-state index in [0.717, 1.165) is 25.8 Å². The van der Waals surface area contributed by atoms with Gasteiger partial charge in [0.25, 0.3) is 5.91 Å². The number of amides is 2. The van der Waals surface area contributed by atoms with Crippen LogP contribution in [-0.4, -0.2) is 35.8 Å². The summed E-state index contributed by atoms with van der Waals surface area (Å²) in [6, 6.07) is 7.36. The molecule has 0 spiro atoms. The summed E-state index contributed by atoms with van der Waals surface area (Å²) in [7, 11) is 0. The molecule has 5 nitrogen and oxygen atoms in total. The van der Waals surface area contributed by atoms with Crippen LogP contribution in [0.15, 0.2) is 24.3 Å². The van der Waals surface area contributed by atoms with E-state index in [-0.39, 0.29) is 23.8 Å². The molecule has 2 aliphatic rings. The normalized spacial score (nSPS) is 27.5. The van der Waals surface area contributed by atoms with Crippen LogP contribution in [0.2, 0.25) is 0 Å². The van der Waals surface area contributed by atoms with Crippen LogP contribution in [0.5, 0.6) is 0 Å². The minimum absolute atomic E-state index is 0.0243. The van der Waals surface area contributed by atoms with E-state index in [4.69, 9.17) is 5.73 Å². The molecule has 1 aliphatic carbocycles. The molecule has 1 aromatic carbocycles. The highest BCUT2D eigenvalue weighted by atomic mass is 16.2. The van der Waals surface area contributed by atoms with Gasteiger partial charge in [-0.1, -0.05) is 13.0 Å². The zero-order chi connectivity index (χ0) is 17.3. The van der Waals surface area contributed by atoms with Gasteiger partial charge in [-0.3, -0.25) is 9.59 Å². The molecule has 1 heterocycles. The van der Waals surface area contributed by atoms with Crippen molar-refractivity contribution in [1.82, 2.24) is 4.90 Å². The molecule has 1 saturated heterocycles. The number of benzene rings is 1. The molecule has 2 fully saturated rings. The Morgan fingerprint density at radius 3 is 2.79 bits per heavy atom. The lowest BCUT2D eigenvalue weighted by Crippen LogP contribution is -2.45. The smallest absolute Gasteiger partial charge is 0.253 e. The summed E-state index contributed by atoms with van der Waals surface area (Å²) in [5.41, 5.74) is 7.33. The van der Waals surface area contributed by atoms with Gasteiger partial charge in [-0.2, -0.15) is 0 Å². The second-order valence-corrected chi connectivity index (χ2v) is 7.40. The van der Waals surface area contributed by atoms with E-state index < -0.39 is 0 Å². The average Bonchev–Trinajstić information content (AvgIpc) is 3.31. The van der Waals surface area contributed by atoms with Gasteiger partial charge in [0.1, 0.15) is 0 Å². The fourth-order valence-corrected chi connectivity index (χ4v) is 3.46. The Balaban J connectivity index is 1.66. The Kier molecular flexibility index (Phi) is 4.90. The van der Waals surface area contributed by atoms with Crippen LogP contribution in [0.3, 0.4) is 0 Å². The first-order valence-corrected chi connectivity index (χ1v) is 8.91. The molecule has 4 unspecified atom stereocenters. The summed E-state index contributed by atoms with van der Waals surface area (Å²) in [6.45, 7) is 5.58. The highest BCUT2D eigenvalue weighted by Crippen LogP contribution is 2.38. The Hall–Kier alpha value is -1.88. The lowest BCUT2D eigenvalue weighted by Gasteiger charge is -2.34. The molecule has 3 rings (SSSR count). The standard InChI is InChI=1S/C19H27N3O2/c1-12-9-17(12)18(23)21-16-7-3-5-14(10-16)19(24)22-8-4-6-15(11-22)13(2)20/h3,5,7,10,12-13,15,17H,4,6,8-9,11,20H2,1-2H3,(H,21,23). The molecule has 24 heavy (non-hydrogen) atoms. The first kappa shape index (κ1) is 17.0. The van der Waals surface area contributed by atoms with Crippen molar-refractivity contribution in [2.24, 2.45) is 23.5 Å². The van der Waals surface area contributed by atoms with E-state index in [1.54, 1.807) is 6.07 Å². The van der Waals surface area contributed by atoms with Crippen LogP contribution < -0.4 is 11.1 Å². The quantitative estimate of drug-likeness (QED) is 0.891. The van der Waals surface area contributed by atoms with Crippen LogP contribution in [0, 0.1) is 17.8 Å². The van der Waals surface area contributed by atoms with Crippen molar-refractivity contribution < 1.29 is 9.59 Å². The summed E-state index contributed by atoms with van der Waals surface area (Å²) in [5, 5.41) is 2.93. The molecular formula is C19H27N3O2. The van der Waals surface area contributed by atoms with Crippen molar-refractivity contribution >= 4 is 17.5 Å². The van der Waals surface area contributed by atoms with Crippen molar-refractivity contribution in [3.05, 3.63) is 29.8 Å². The molecule has 1 aliphatic heterocycles. The Morgan fingerprint density at radius 1 is 1.38 bits per heavy atom. The number of carbonyl (C=O) groups excluding carboxylic acids is 2. The summed E-state index contributed by atoms with van der Waals surface area (Å²) in [5.74, 6) is 1.04. The lowest BCUT2D eigenvalue weighted by molar-refractivity contribution is -0.117. The van der Waals surface area contributed by atoms with Gasteiger partial charge >= 0.3 is 0 Å². The molecule has 0 aromatic heterocycles. The molecule has 3 N–H and O–H groups in total. The summed E-state index contributed by atoms with van der Waals surface area (Å²) >= 11 is 0. The lowest BCUT2D eigenvalue weighted by atomic mass is 9.92. The van der Waals surface area contributed by atoms with E-state index in [2.05, 4.69) is 12.2 Å². The highest BCUT2D eigenvalue weighted by molar-refractivity contribution is 5.98. The van der Waals surface area contributed by atoms with E-state index in [9.17, 15) is 9.59 Å². The van der Waals surface area contributed by atoms with Crippen molar-refractivity contribution in [1.29, 1.82) is 0 Å². The summed E-state index contributed by atoms with van der Waals surface area (Å²) in [6.07, 6.45) is 3.03. The number of nitrogens with one attached hydrogen (secondary N) is 1. The number of nitrogens with two attached hydrogens (primary N) is 1. The molecule has 5 heteroatoms. The zero-order valence-corrected chi connectivity index (χ0v) is 14.5. The first-order valence-electron chi connectivity index (χ1n) is 8.91. The van der Waals surface area contributed by atoms with Crippen LogP contribution in [0.1, 0.15) is 43.5 Å². The van der Waals surface area contributed by atoms with Crippen LogP contribution in [-0.2, 0) is 4.79 Å². The van der Waals surface area contributed by atoms with Gasteiger partial charge in [0.15, 0.2) is 0 Å². The minimum atomic E-state index is 0.0243. The molecule has 0 radical (unpaired) electrons. The first-order chi connectivity index (χ1) is 11.5. The van der Waals surface area contributed by atoms with Crippen LogP contribution in [0.4, 0.5) is 5.69 Å². The van der Waals surface area contributed by atoms with Gasteiger partial charge in [0, 0.05) is 36.3 Å². The SMILES string of the molecule is CC(N)C1CCCN(C(=O)c2cccc(NC(=O)C3CC3C)c2)C1. The molecule has 130 valence electrons. The van der Waals surface area contributed by atoms with E-state index in [1.165, 1.54) is 0 Å². The molecular weight excluding hydrogens is 302 g/mol. The second kappa shape index (κ2) is 6.93. The molecule has 1 saturated carbocycles. The number of rotatable bonds is 4. The van der Waals surface area contributed by atoms with Gasteiger partial charge < -0.3 is 16.0 Å². The van der Waals surface area contributed by atoms with Gasteiger partial charge in [-0.05, 0) is 56.2 Å². The molecule has 0 bridgehead atoms. The minimum Gasteiger partial charge on any atom is -0.338 e. The molecule has 1 aromatic rings. The fourth-order valence-electron chi connectivity index (χ4n) is 3.46. The third kappa shape index (κ3) is 3.78. The van der Waals surface area contributed by atoms with Gasteiger partial charge in [-0.15, -0.1) is 0 Å². The van der Waals surface area contributed by atoms with E-state index in [1.807, 2.05) is 30.0 Å². The highest BCUT2D eigenvalue weighted by Gasteiger charge is 2.39. The Morgan fingerprint density at radius 2 is 2.12 bits per heavy atom. The number of hydrogen-bond acceptors (Lipinski definition) is 3. The maximum absolute atomic E-state index is 12.8. The maximum atomic E-state index is 12.8. The van der Waals surface area contributed by atoms with Gasteiger partial charge in [0.2, 0.25) is 5.91 Å². The fraction of sp³-hybridized carbons (Fsp3) is 0.579. The number of piperidine rings is 1. The summed E-state index contributed by atoms with van der Waals surface area (Å²) < 4.78 is 0. The topological polar surface area (TPSA) is 75.4 Å². The number of hydrogen-bond donors (Lipinski definition) is 2. The molecule has 4 atom stereocenters. The monoisotopic (exact) mass is 329 g/mol.